The average molecular weight is 341 g/mol. The van der Waals surface area contributed by atoms with Crippen LogP contribution in [0.15, 0.2) is 41.0 Å². The molecule has 0 saturated carbocycles. The van der Waals surface area contributed by atoms with Crippen molar-refractivity contribution >= 4 is 34.2 Å². The Bertz CT molecular complexity index is 520. The molecule has 0 aliphatic heterocycles. The third kappa shape index (κ3) is 2.88. The molecule has 1 aromatic carbocycles. The molecule has 2 rings (SSSR count). The molecule has 88 valence electrons. The van der Waals surface area contributed by atoms with Gasteiger partial charge in [0.2, 0.25) is 0 Å². The van der Waals surface area contributed by atoms with Gasteiger partial charge in [0, 0.05) is 9.26 Å². The van der Waals surface area contributed by atoms with Gasteiger partial charge < -0.3 is 9.73 Å². The molecule has 17 heavy (non-hydrogen) atoms. The van der Waals surface area contributed by atoms with Gasteiger partial charge >= 0.3 is 0 Å². The number of nitrogens with one attached hydrogen (secondary N) is 1. The molecule has 0 aliphatic rings. The number of furan rings is 1. The molecule has 0 unspecified atom stereocenters. The molecule has 1 amide bonds. The van der Waals surface area contributed by atoms with Gasteiger partial charge in [0.1, 0.15) is 0 Å². The quantitative estimate of drug-likeness (QED) is 0.865. The number of carbonyl (C=O) groups excluding carboxylic acids is 1. The molecular weight excluding hydrogens is 329 g/mol. The Morgan fingerprint density at radius 1 is 1.41 bits per heavy atom. The van der Waals surface area contributed by atoms with Crippen LogP contribution in [0.2, 0.25) is 0 Å². The first-order valence-electron chi connectivity index (χ1n) is 5.34. The number of amides is 1. The molecule has 0 saturated heterocycles. The van der Waals surface area contributed by atoms with Gasteiger partial charge in [0.25, 0.3) is 5.91 Å². The van der Waals surface area contributed by atoms with E-state index in [1.54, 1.807) is 12.1 Å². The zero-order valence-electron chi connectivity index (χ0n) is 9.37. The van der Waals surface area contributed by atoms with Crippen molar-refractivity contribution in [3.8, 4) is 0 Å². The fourth-order valence-corrected chi connectivity index (χ4v) is 2.12. The molecule has 3 nitrogen and oxygen atoms in total. The minimum Gasteiger partial charge on any atom is -0.459 e. The van der Waals surface area contributed by atoms with Crippen molar-refractivity contribution < 1.29 is 9.21 Å². The molecule has 0 radical (unpaired) electrons. The second-order valence-electron chi connectivity index (χ2n) is 3.59. The lowest BCUT2D eigenvalue weighted by atomic mass is 10.1. The van der Waals surface area contributed by atoms with E-state index in [2.05, 4.69) is 40.9 Å². The Labute approximate surface area is 113 Å². The maximum atomic E-state index is 11.8. The number of benzene rings is 1. The number of anilines is 1. The summed E-state index contributed by atoms with van der Waals surface area (Å²) in [6.07, 6.45) is 2.37. The van der Waals surface area contributed by atoms with Crippen molar-refractivity contribution in [1.82, 2.24) is 0 Å². The van der Waals surface area contributed by atoms with Crippen LogP contribution in [0.25, 0.3) is 0 Å². The van der Waals surface area contributed by atoms with Crippen molar-refractivity contribution in [3.05, 3.63) is 51.5 Å². The van der Waals surface area contributed by atoms with Gasteiger partial charge in [-0.25, -0.2) is 0 Å². The van der Waals surface area contributed by atoms with Crippen LogP contribution in [0.3, 0.4) is 0 Å². The Kier molecular flexibility index (Phi) is 3.83. The number of carbonyl (C=O) groups is 1. The minimum absolute atomic E-state index is 0.217. The summed E-state index contributed by atoms with van der Waals surface area (Å²) in [5.74, 6) is 0.108. The molecule has 1 aromatic heterocycles. The first-order valence-corrected chi connectivity index (χ1v) is 6.42. The van der Waals surface area contributed by atoms with Crippen LogP contribution in [0, 0.1) is 3.57 Å². The predicted molar refractivity (Wildman–Crippen MR) is 75.2 cm³/mol. The van der Waals surface area contributed by atoms with Gasteiger partial charge in [-0.05, 0) is 64.9 Å². The monoisotopic (exact) mass is 341 g/mol. The van der Waals surface area contributed by atoms with Crippen LogP contribution >= 0.6 is 22.6 Å². The van der Waals surface area contributed by atoms with Gasteiger partial charge in [-0.1, -0.05) is 6.92 Å². The van der Waals surface area contributed by atoms with Gasteiger partial charge in [0.05, 0.1) is 6.26 Å². The predicted octanol–water partition coefficient (Wildman–Crippen LogP) is 3.70. The van der Waals surface area contributed by atoms with E-state index >= 15 is 0 Å². The lowest BCUT2D eigenvalue weighted by Crippen LogP contribution is -2.12. The molecule has 1 heterocycles. The topological polar surface area (TPSA) is 42.2 Å². The van der Waals surface area contributed by atoms with E-state index in [1.165, 1.54) is 6.26 Å². The van der Waals surface area contributed by atoms with Crippen molar-refractivity contribution in [2.75, 3.05) is 5.32 Å². The Hall–Kier alpha value is -1.30. The Morgan fingerprint density at radius 2 is 2.24 bits per heavy atom. The highest BCUT2D eigenvalue weighted by Crippen LogP contribution is 2.20. The number of halogens is 1. The molecule has 2 aromatic rings. The van der Waals surface area contributed by atoms with Gasteiger partial charge in [-0.3, -0.25) is 4.79 Å². The smallest absolute Gasteiger partial charge is 0.291 e. The van der Waals surface area contributed by atoms with Crippen molar-refractivity contribution in [3.63, 3.8) is 0 Å². The van der Waals surface area contributed by atoms with Crippen LogP contribution in [-0.2, 0) is 6.42 Å². The van der Waals surface area contributed by atoms with E-state index in [9.17, 15) is 4.79 Å². The van der Waals surface area contributed by atoms with E-state index in [-0.39, 0.29) is 5.91 Å². The average Bonchev–Trinajstić information content (AvgIpc) is 2.85. The lowest BCUT2D eigenvalue weighted by molar-refractivity contribution is 0.0996. The summed E-state index contributed by atoms with van der Waals surface area (Å²) in [5, 5.41) is 2.86. The van der Waals surface area contributed by atoms with Crippen LogP contribution in [-0.4, -0.2) is 5.91 Å². The summed E-state index contributed by atoms with van der Waals surface area (Å²) < 4.78 is 6.21. The molecular formula is C13H12INO2. The molecule has 0 bridgehead atoms. The van der Waals surface area contributed by atoms with Gasteiger partial charge in [0.15, 0.2) is 5.76 Å². The minimum atomic E-state index is -0.217. The molecule has 0 atom stereocenters. The van der Waals surface area contributed by atoms with Crippen molar-refractivity contribution in [2.45, 2.75) is 13.3 Å². The lowest BCUT2D eigenvalue weighted by Gasteiger charge is -2.09. The third-order valence-corrected chi connectivity index (χ3v) is 3.11. The van der Waals surface area contributed by atoms with Crippen LogP contribution in [0.4, 0.5) is 5.69 Å². The first-order chi connectivity index (χ1) is 8.20. The van der Waals surface area contributed by atoms with Crippen LogP contribution in [0.5, 0.6) is 0 Å². The van der Waals surface area contributed by atoms with Crippen molar-refractivity contribution in [1.29, 1.82) is 0 Å². The fourth-order valence-electron chi connectivity index (χ4n) is 1.57. The zero-order chi connectivity index (χ0) is 12.3. The van der Waals surface area contributed by atoms with E-state index in [1.807, 2.05) is 12.1 Å². The molecule has 1 N–H and O–H groups in total. The molecule has 4 heteroatoms. The summed E-state index contributed by atoms with van der Waals surface area (Å²) in [5.41, 5.74) is 1.96. The highest BCUT2D eigenvalue weighted by Gasteiger charge is 2.10. The maximum absolute atomic E-state index is 11.8. The van der Waals surface area contributed by atoms with Gasteiger partial charge in [-0.2, -0.15) is 0 Å². The molecule has 0 spiro atoms. The SMILES string of the molecule is CCc1cc(I)ccc1NC(=O)c1ccco1. The normalized spacial score (nSPS) is 10.2. The number of aryl methyl sites for hydroxylation is 1. The highest BCUT2D eigenvalue weighted by molar-refractivity contribution is 14.1. The third-order valence-electron chi connectivity index (χ3n) is 2.44. The largest absolute Gasteiger partial charge is 0.459 e. The summed E-state index contributed by atoms with van der Waals surface area (Å²) in [7, 11) is 0. The van der Waals surface area contributed by atoms with E-state index in [0.717, 1.165) is 21.2 Å². The Balaban J connectivity index is 2.21. The van der Waals surface area contributed by atoms with E-state index in [0.29, 0.717) is 5.76 Å². The van der Waals surface area contributed by atoms with Crippen molar-refractivity contribution in [2.24, 2.45) is 0 Å². The summed E-state index contributed by atoms with van der Waals surface area (Å²) >= 11 is 2.26. The van der Waals surface area contributed by atoms with Crippen LogP contribution in [0.1, 0.15) is 23.0 Å². The molecule has 0 aliphatic carbocycles. The Morgan fingerprint density at radius 3 is 2.88 bits per heavy atom. The number of rotatable bonds is 3. The first kappa shape index (κ1) is 12.2. The highest BCUT2D eigenvalue weighted by atomic mass is 127. The maximum Gasteiger partial charge on any atom is 0.291 e. The summed E-state index contributed by atoms with van der Waals surface area (Å²) in [6.45, 7) is 2.06. The zero-order valence-corrected chi connectivity index (χ0v) is 11.5. The second kappa shape index (κ2) is 5.35. The van der Waals surface area contributed by atoms with Gasteiger partial charge in [-0.15, -0.1) is 0 Å². The summed E-state index contributed by atoms with van der Waals surface area (Å²) in [4.78, 5) is 11.8. The van der Waals surface area contributed by atoms with E-state index < -0.39 is 0 Å². The number of hydrogen-bond donors (Lipinski definition) is 1. The fraction of sp³-hybridized carbons (Fsp3) is 0.154. The summed E-state index contributed by atoms with van der Waals surface area (Å²) in [6, 6.07) is 9.30. The second-order valence-corrected chi connectivity index (χ2v) is 4.83. The van der Waals surface area contributed by atoms with Crippen LogP contribution < -0.4 is 5.32 Å². The standard InChI is InChI=1S/C13H12INO2/c1-2-9-8-10(14)5-6-11(9)15-13(16)12-4-3-7-17-12/h3-8H,2H2,1H3,(H,15,16). The number of hydrogen-bond acceptors (Lipinski definition) is 2. The van der Waals surface area contributed by atoms with E-state index in [4.69, 9.17) is 4.42 Å². The molecule has 0 fully saturated rings.